The lowest BCUT2D eigenvalue weighted by molar-refractivity contribution is -0.117. The molecule has 0 aromatic heterocycles. The highest BCUT2D eigenvalue weighted by molar-refractivity contribution is 5.75. The number of hydrogen-bond donors (Lipinski definition) is 2. The monoisotopic (exact) mass is 160 g/mol. The van der Waals surface area contributed by atoms with Gasteiger partial charge < -0.3 is 15.8 Å². The van der Waals surface area contributed by atoms with E-state index in [1.807, 2.05) is 0 Å². The van der Waals surface area contributed by atoms with Crippen LogP contribution in [0, 0.1) is 0 Å². The zero-order chi connectivity index (χ0) is 8.53. The summed E-state index contributed by atoms with van der Waals surface area (Å²) in [6.45, 7) is 4.38. The molecule has 3 N–H and O–H groups in total. The Morgan fingerprint density at radius 3 is 2.82 bits per heavy atom. The highest BCUT2D eigenvalue weighted by Gasteiger charge is 1.91. The van der Waals surface area contributed by atoms with Gasteiger partial charge in [0, 0.05) is 13.2 Å². The number of primary amides is 1. The van der Waals surface area contributed by atoms with Gasteiger partial charge in [-0.1, -0.05) is 6.92 Å². The first kappa shape index (κ1) is 10.4. The van der Waals surface area contributed by atoms with Crippen molar-refractivity contribution in [1.29, 1.82) is 0 Å². The molecule has 66 valence electrons. The van der Waals surface area contributed by atoms with Gasteiger partial charge >= 0.3 is 0 Å². The number of ether oxygens (including phenoxy) is 1. The van der Waals surface area contributed by atoms with Crippen LogP contribution in [0.15, 0.2) is 0 Å². The maximum Gasteiger partial charge on any atom is 0.231 e. The van der Waals surface area contributed by atoms with E-state index in [0.29, 0.717) is 13.2 Å². The fourth-order valence-electron chi connectivity index (χ4n) is 0.602. The molecule has 0 radical (unpaired) electrons. The average Bonchev–Trinajstić information content (AvgIpc) is 1.96. The number of hydrogen-bond acceptors (Lipinski definition) is 3. The van der Waals surface area contributed by atoms with Crippen molar-refractivity contribution in [3.05, 3.63) is 0 Å². The predicted octanol–water partition coefficient (Wildman–Crippen LogP) is -0.512. The summed E-state index contributed by atoms with van der Waals surface area (Å²) in [6, 6.07) is 0. The Morgan fingerprint density at radius 1 is 1.55 bits per heavy atom. The SMILES string of the molecule is CCCOCCNCC(N)=O. The normalized spacial score (nSPS) is 9.91. The van der Waals surface area contributed by atoms with Crippen LogP contribution >= 0.6 is 0 Å². The molecule has 0 unspecified atom stereocenters. The van der Waals surface area contributed by atoms with Crippen LogP contribution in [0.5, 0.6) is 0 Å². The van der Waals surface area contributed by atoms with Gasteiger partial charge in [0.15, 0.2) is 0 Å². The minimum Gasteiger partial charge on any atom is -0.380 e. The highest BCUT2D eigenvalue weighted by atomic mass is 16.5. The summed E-state index contributed by atoms with van der Waals surface area (Å²) >= 11 is 0. The van der Waals surface area contributed by atoms with Crippen molar-refractivity contribution >= 4 is 5.91 Å². The molecule has 11 heavy (non-hydrogen) atoms. The molecule has 0 saturated heterocycles. The van der Waals surface area contributed by atoms with E-state index in [-0.39, 0.29) is 12.5 Å². The van der Waals surface area contributed by atoms with Crippen LogP contribution in [-0.4, -0.2) is 32.2 Å². The highest BCUT2D eigenvalue weighted by Crippen LogP contribution is 1.77. The largest absolute Gasteiger partial charge is 0.380 e. The Balaban J connectivity index is 2.85. The predicted molar refractivity (Wildman–Crippen MR) is 43.2 cm³/mol. The fourth-order valence-corrected chi connectivity index (χ4v) is 0.602. The van der Waals surface area contributed by atoms with Crippen molar-refractivity contribution in [3.63, 3.8) is 0 Å². The lowest BCUT2D eigenvalue weighted by Crippen LogP contribution is -2.30. The minimum absolute atomic E-state index is 0.232. The molecule has 0 fully saturated rings. The van der Waals surface area contributed by atoms with Crippen LogP contribution in [0.2, 0.25) is 0 Å². The van der Waals surface area contributed by atoms with Crippen LogP contribution in [-0.2, 0) is 9.53 Å². The fraction of sp³-hybridized carbons (Fsp3) is 0.857. The van der Waals surface area contributed by atoms with E-state index in [1.165, 1.54) is 0 Å². The summed E-state index contributed by atoms with van der Waals surface area (Å²) in [7, 11) is 0. The number of rotatable bonds is 7. The third-order valence-electron chi connectivity index (χ3n) is 1.07. The van der Waals surface area contributed by atoms with E-state index >= 15 is 0 Å². The van der Waals surface area contributed by atoms with E-state index in [1.54, 1.807) is 0 Å². The Hall–Kier alpha value is -0.610. The van der Waals surface area contributed by atoms with Crippen molar-refractivity contribution in [2.24, 2.45) is 5.73 Å². The standard InChI is InChI=1S/C7H16N2O2/c1-2-4-11-5-3-9-6-7(8)10/h9H,2-6H2,1H3,(H2,8,10). The van der Waals surface area contributed by atoms with Crippen molar-refractivity contribution in [3.8, 4) is 0 Å². The van der Waals surface area contributed by atoms with Gasteiger partial charge in [0.05, 0.1) is 13.2 Å². The zero-order valence-corrected chi connectivity index (χ0v) is 6.93. The molecule has 0 bridgehead atoms. The Kier molecular flexibility index (Phi) is 7.08. The van der Waals surface area contributed by atoms with Crippen LogP contribution in [0.3, 0.4) is 0 Å². The molecule has 0 atom stereocenters. The molecule has 0 aliphatic rings. The lowest BCUT2D eigenvalue weighted by Gasteiger charge is -2.02. The number of nitrogens with two attached hydrogens (primary N) is 1. The average molecular weight is 160 g/mol. The van der Waals surface area contributed by atoms with Crippen molar-refractivity contribution in [2.45, 2.75) is 13.3 Å². The zero-order valence-electron chi connectivity index (χ0n) is 6.93. The number of carbonyl (C=O) groups is 1. The third-order valence-corrected chi connectivity index (χ3v) is 1.07. The Morgan fingerprint density at radius 2 is 2.27 bits per heavy atom. The van der Waals surface area contributed by atoms with E-state index in [0.717, 1.165) is 13.0 Å². The van der Waals surface area contributed by atoms with Crippen molar-refractivity contribution in [2.75, 3.05) is 26.3 Å². The summed E-state index contributed by atoms with van der Waals surface area (Å²) in [6.07, 6.45) is 1.02. The van der Waals surface area contributed by atoms with E-state index in [2.05, 4.69) is 12.2 Å². The summed E-state index contributed by atoms with van der Waals surface area (Å²) in [5.74, 6) is -0.333. The summed E-state index contributed by atoms with van der Waals surface area (Å²) in [5.41, 5.74) is 4.89. The van der Waals surface area contributed by atoms with E-state index in [9.17, 15) is 4.79 Å². The molecule has 4 heteroatoms. The van der Waals surface area contributed by atoms with Gasteiger partial charge in [0.25, 0.3) is 0 Å². The Bertz CT molecular complexity index is 107. The van der Waals surface area contributed by atoms with Crippen LogP contribution in [0.4, 0.5) is 0 Å². The molecular formula is C7H16N2O2. The van der Waals surface area contributed by atoms with Crippen LogP contribution in [0.25, 0.3) is 0 Å². The van der Waals surface area contributed by atoms with Gasteiger partial charge in [0.2, 0.25) is 5.91 Å². The maximum absolute atomic E-state index is 10.2. The second-order valence-corrected chi connectivity index (χ2v) is 2.26. The smallest absolute Gasteiger partial charge is 0.231 e. The molecule has 1 amide bonds. The first-order chi connectivity index (χ1) is 5.27. The molecular weight excluding hydrogens is 144 g/mol. The summed E-state index contributed by atoms with van der Waals surface area (Å²) in [4.78, 5) is 10.2. The van der Waals surface area contributed by atoms with E-state index < -0.39 is 0 Å². The second kappa shape index (κ2) is 7.50. The van der Waals surface area contributed by atoms with Gasteiger partial charge in [-0.05, 0) is 6.42 Å². The number of nitrogens with one attached hydrogen (secondary N) is 1. The van der Waals surface area contributed by atoms with Gasteiger partial charge in [-0.25, -0.2) is 0 Å². The lowest BCUT2D eigenvalue weighted by atomic mass is 10.5. The molecule has 0 saturated carbocycles. The molecule has 0 heterocycles. The third kappa shape index (κ3) is 9.39. The molecule has 0 spiro atoms. The molecule has 0 rings (SSSR count). The molecule has 0 aromatic carbocycles. The van der Waals surface area contributed by atoms with Gasteiger partial charge in [-0.2, -0.15) is 0 Å². The molecule has 4 nitrogen and oxygen atoms in total. The summed E-state index contributed by atoms with van der Waals surface area (Å²) in [5, 5.41) is 2.84. The van der Waals surface area contributed by atoms with Crippen LogP contribution in [0.1, 0.15) is 13.3 Å². The molecule has 0 aromatic rings. The molecule has 0 aliphatic heterocycles. The first-order valence-corrected chi connectivity index (χ1v) is 3.84. The van der Waals surface area contributed by atoms with Crippen molar-refractivity contribution < 1.29 is 9.53 Å². The van der Waals surface area contributed by atoms with Gasteiger partial charge in [-0.15, -0.1) is 0 Å². The van der Waals surface area contributed by atoms with Crippen molar-refractivity contribution in [1.82, 2.24) is 5.32 Å². The minimum atomic E-state index is -0.333. The first-order valence-electron chi connectivity index (χ1n) is 3.84. The molecule has 0 aliphatic carbocycles. The second-order valence-electron chi connectivity index (χ2n) is 2.26. The van der Waals surface area contributed by atoms with Gasteiger partial charge in [0.1, 0.15) is 0 Å². The van der Waals surface area contributed by atoms with E-state index in [4.69, 9.17) is 10.5 Å². The summed E-state index contributed by atoms with van der Waals surface area (Å²) < 4.78 is 5.15. The quantitative estimate of drug-likeness (QED) is 0.493. The van der Waals surface area contributed by atoms with Crippen LogP contribution < -0.4 is 11.1 Å². The number of carbonyl (C=O) groups excluding carboxylic acids is 1. The number of amides is 1. The van der Waals surface area contributed by atoms with Gasteiger partial charge in [-0.3, -0.25) is 4.79 Å². The topological polar surface area (TPSA) is 64.3 Å². The Labute approximate surface area is 67.1 Å². The maximum atomic E-state index is 10.2.